The van der Waals surface area contributed by atoms with E-state index in [0.29, 0.717) is 24.2 Å². The van der Waals surface area contributed by atoms with Gasteiger partial charge in [0, 0.05) is 18.8 Å². The number of amides is 1. The third-order valence-corrected chi connectivity index (χ3v) is 3.64. The zero-order valence-electron chi connectivity index (χ0n) is 12.2. The maximum Gasteiger partial charge on any atom is 0.270 e. The van der Waals surface area contributed by atoms with Crippen LogP contribution in [0.5, 0.6) is 0 Å². The highest BCUT2D eigenvalue weighted by Crippen LogP contribution is 2.20. The average Bonchev–Trinajstić information content (AvgIpc) is 2.96. The molecule has 1 aliphatic carbocycles. The molecule has 0 aromatic carbocycles. The summed E-state index contributed by atoms with van der Waals surface area (Å²) in [6.45, 7) is 2.86. The smallest absolute Gasteiger partial charge is 0.270 e. The molecule has 5 nitrogen and oxygen atoms in total. The lowest BCUT2D eigenvalue weighted by Gasteiger charge is -2.12. The maximum absolute atomic E-state index is 12.0. The van der Waals surface area contributed by atoms with Gasteiger partial charge in [-0.15, -0.1) is 0 Å². The van der Waals surface area contributed by atoms with Gasteiger partial charge in [-0.3, -0.25) is 4.79 Å². The Bertz CT molecular complexity index is 430. The Morgan fingerprint density at radius 3 is 2.90 bits per heavy atom. The molecule has 1 aromatic rings. The molecule has 0 spiro atoms. The van der Waals surface area contributed by atoms with Gasteiger partial charge in [0.2, 0.25) is 5.95 Å². The first-order chi connectivity index (χ1) is 9.79. The van der Waals surface area contributed by atoms with Crippen LogP contribution in [0.2, 0.25) is 0 Å². The quantitative estimate of drug-likeness (QED) is 0.751. The summed E-state index contributed by atoms with van der Waals surface area (Å²) in [5.74, 6) is 0.455. The van der Waals surface area contributed by atoms with E-state index in [-0.39, 0.29) is 5.91 Å². The second kappa shape index (κ2) is 7.82. The van der Waals surface area contributed by atoms with Crippen molar-refractivity contribution in [1.82, 2.24) is 15.3 Å². The number of carbonyl (C=O) groups is 1. The molecular formula is C15H24N4O. The average molecular weight is 276 g/mol. The zero-order valence-corrected chi connectivity index (χ0v) is 12.2. The van der Waals surface area contributed by atoms with Gasteiger partial charge < -0.3 is 10.6 Å². The third kappa shape index (κ3) is 4.47. The minimum atomic E-state index is -0.113. The molecule has 1 aromatic heterocycles. The summed E-state index contributed by atoms with van der Waals surface area (Å²) in [6, 6.07) is 2.12. The van der Waals surface area contributed by atoms with Gasteiger partial charge in [-0.25, -0.2) is 9.97 Å². The summed E-state index contributed by atoms with van der Waals surface area (Å²) in [5.41, 5.74) is 0.442. The van der Waals surface area contributed by atoms with E-state index >= 15 is 0 Å². The van der Waals surface area contributed by atoms with E-state index in [4.69, 9.17) is 0 Å². The predicted molar refractivity (Wildman–Crippen MR) is 79.8 cm³/mol. The zero-order chi connectivity index (χ0) is 14.2. The van der Waals surface area contributed by atoms with Crippen LogP contribution in [0, 0.1) is 0 Å². The molecule has 20 heavy (non-hydrogen) atoms. The van der Waals surface area contributed by atoms with Crippen LogP contribution >= 0.6 is 0 Å². The highest BCUT2D eigenvalue weighted by atomic mass is 16.1. The summed E-state index contributed by atoms with van der Waals surface area (Å²) in [4.78, 5) is 20.5. The molecule has 1 heterocycles. The van der Waals surface area contributed by atoms with Crippen LogP contribution in [0.3, 0.4) is 0 Å². The van der Waals surface area contributed by atoms with Crippen molar-refractivity contribution in [2.24, 2.45) is 0 Å². The highest BCUT2D eigenvalue weighted by Gasteiger charge is 2.16. The normalized spacial score (nSPS) is 15.2. The monoisotopic (exact) mass is 276 g/mol. The number of hydrogen-bond donors (Lipinski definition) is 2. The summed E-state index contributed by atoms with van der Waals surface area (Å²) in [5, 5.41) is 6.21. The Labute approximate surface area is 120 Å². The molecule has 1 saturated carbocycles. The lowest BCUT2D eigenvalue weighted by Crippen LogP contribution is -2.26. The van der Waals surface area contributed by atoms with Gasteiger partial charge in [-0.1, -0.05) is 32.6 Å². The molecule has 0 saturated heterocycles. The van der Waals surface area contributed by atoms with Crippen LogP contribution in [-0.2, 0) is 0 Å². The van der Waals surface area contributed by atoms with E-state index in [1.807, 2.05) is 0 Å². The van der Waals surface area contributed by atoms with E-state index in [1.54, 1.807) is 12.3 Å². The third-order valence-electron chi connectivity index (χ3n) is 3.64. The van der Waals surface area contributed by atoms with Crippen LogP contribution in [0.1, 0.15) is 62.4 Å². The Balaban J connectivity index is 1.86. The van der Waals surface area contributed by atoms with E-state index in [1.165, 1.54) is 12.8 Å². The fraction of sp³-hybridized carbons (Fsp3) is 0.667. The highest BCUT2D eigenvalue weighted by molar-refractivity contribution is 5.92. The van der Waals surface area contributed by atoms with Crippen LogP contribution in [0.25, 0.3) is 0 Å². The summed E-state index contributed by atoms with van der Waals surface area (Å²) in [7, 11) is 0. The summed E-state index contributed by atoms with van der Waals surface area (Å²) < 4.78 is 0. The summed E-state index contributed by atoms with van der Waals surface area (Å²) in [6.07, 6.45) is 9.79. The Morgan fingerprint density at radius 2 is 2.15 bits per heavy atom. The molecule has 2 rings (SSSR count). The van der Waals surface area contributed by atoms with Gasteiger partial charge in [0.25, 0.3) is 5.91 Å². The standard InChI is InChI=1S/C15H24N4O/c1-2-3-6-10-16-14(20)13-9-11-17-15(19-13)18-12-7-4-5-8-12/h9,11-12H,2-8,10H2,1H3,(H,16,20)(H,17,18,19). The van der Waals surface area contributed by atoms with Crippen molar-refractivity contribution in [2.75, 3.05) is 11.9 Å². The van der Waals surface area contributed by atoms with Gasteiger partial charge in [-0.05, 0) is 25.3 Å². The van der Waals surface area contributed by atoms with Crippen molar-refractivity contribution in [2.45, 2.75) is 57.9 Å². The van der Waals surface area contributed by atoms with Crippen molar-refractivity contribution in [3.63, 3.8) is 0 Å². The first-order valence-corrected chi connectivity index (χ1v) is 7.67. The first-order valence-electron chi connectivity index (χ1n) is 7.67. The van der Waals surface area contributed by atoms with Gasteiger partial charge in [0.15, 0.2) is 0 Å². The molecule has 1 aliphatic rings. The SMILES string of the molecule is CCCCCNC(=O)c1ccnc(NC2CCCC2)n1. The number of carbonyl (C=O) groups excluding carboxylic acids is 1. The van der Waals surface area contributed by atoms with E-state index in [9.17, 15) is 4.79 Å². The fourth-order valence-electron chi connectivity index (χ4n) is 2.47. The maximum atomic E-state index is 12.0. The number of aromatic nitrogens is 2. The van der Waals surface area contributed by atoms with Crippen LogP contribution in [0.15, 0.2) is 12.3 Å². The minimum Gasteiger partial charge on any atom is -0.351 e. The Kier molecular flexibility index (Phi) is 5.77. The van der Waals surface area contributed by atoms with Crippen molar-refractivity contribution < 1.29 is 4.79 Å². The van der Waals surface area contributed by atoms with Gasteiger partial charge in [0.1, 0.15) is 5.69 Å². The number of unbranched alkanes of at least 4 members (excludes halogenated alkanes) is 2. The van der Waals surface area contributed by atoms with Gasteiger partial charge >= 0.3 is 0 Å². The molecule has 0 bridgehead atoms. The van der Waals surface area contributed by atoms with E-state index in [0.717, 1.165) is 32.1 Å². The number of anilines is 1. The van der Waals surface area contributed by atoms with E-state index < -0.39 is 0 Å². The Morgan fingerprint density at radius 1 is 1.35 bits per heavy atom. The van der Waals surface area contributed by atoms with Crippen molar-refractivity contribution in [3.05, 3.63) is 18.0 Å². The molecule has 0 radical (unpaired) electrons. The topological polar surface area (TPSA) is 66.9 Å². The molecular weight excluding hydrogens is 252 g/mol. The molecule has 0 unspecified atom stereocenters. The minimum absolute atomic E-state index is 0.113. The lowest BCUT2D eigenvalue weighted by atomic mass is 10.2. The fourth-order valence-corrected chi connectivity index (χ4v) is 2.47. The molecule has 5 heteroatoms. The molecule has 110 valence electrons. The van der Waals surface area contributed by atoms with Gasteiger partial charge in [0.05, 0.1) is 0 Å². The molecule has 2 N–H and O–H groups in total. The molecule has 0 aliphatic heterocycles. The second-order valence-corrected chi connectivity index (χ2v) is 5.35. The predicted octanol–water partition coefficient (Wildman–Crippen LogP) is 2.75. The molecule has 0 atom stereocenters. The van der Waals surface area contributed by atoms with Crippen LogP contribution in [-0.4, -0.2) is 28.5 Å². The van der Waals surface area contributed by atoms with Crippen LogP contribution < -0.4 is 10.6 Å². The van der Waals surface area contributed by atoms with Gasteiger partial charge in [-0.2, -0.15) is 0 Å². The molecule has 1 amide bonds. The number of nitrogens with one attached hydrogen (secondary N) is 2. The number of hydrogen-bond acceptors (Lipinski definition) is 4. The second-order valence-electron chi connectivity index (χ2n) is 5.35. The lowest BCUT2D eigenvalue weighted by molar-refractivity contribution is 0.0948. The summed E-state index contributed by atoms with van der Waals surface area (Å²) >= 11 is 0. The van der Waals surface area contributed by atoms with Crippen molar-refractivity contribution >= 4 is 11.9 Å². The first kappa shape index (κ1) is 14.8. The molecule has 1 fully saturated rings. The number of rotatable bonds is 7. The number of nitrogens with zero attached hydrogens (tertiary/aromatic N) is 2. The largest absolute Gasteiger partial charge is 0.351 e. The van der Waals surface area contributed by atoms with E-state index in [2.05, 4.69) is 27.5 Å². The van der Waals surface area contributed by atoms with Crippen molar-refractivity contribution in [3.8, 4) is 0 Å². The van der Waals surface area contributed by atoms with Crippen molar-refractivity contribution in [1.29, 1.82) is 0 Å². The van der Waals surface area contributed by atoms with Crippen LogP contribution in [0.4, 0.5) is 5.95 Å². The Hall–Kier alpha value is -1.65.